The third-order valence-electron chi connectivity index (χ3n) is 8.46. The third kappa shape index (κ3) is 3.97. The molecule has 1 heterocycles. The molecule has 2 saturated carbocycles. The highest BCUT2D eigenvalue weighted by Gasteiger charge is 2.53. The van der Waals surface area contributed by atoms with Crippen LogP contribution in [0.5, 0.6) is 0 Å². The molecular weight excluding hydrogens is 446 g/mol. The van der Waals surface area contributed by atoms with Crippen LogP contribution in [-0.4, -0.2) is 18.4 Å². The maximum Gasteiger partial charge on any atom is 0.255 e. The van der Waals surface area contributed by atoms with Crippen molar-refractivity contribution in [2.24, 2.45) is 17.8 Å². The second kappa shape index (κ2) is 9.45. The highest BCUT2D eigenvalue weighted by Crippen LogP contribution is 2.63. The minimum atomic E-state index is -0.182. The van der Waals surface area contributed by atoms with Gasteiger partial charge < -0.3 is 16.0 Å². The van der Waals surface area contributed by atoms with Crippen molar-refractivity contribution in [1.29, 1.82) is 0 Å². The van der Waals surface area contributed by atoms with Crippen molar-refractivity contribution < 1.29 is 9.59 Å². The van der Waals surface area contributed by atoms with Crippen LogP contribution in [0, 0.1) is 17.8 Å². The maximum absolute atomic E-state index is 13.4. The van der Waals surface area contributed by atoms with Crippen molar-refractivity contribution in [1.82, 2.24) is 5.32 Å². The zero-order valence-corrected chi connectivity index (χ0v) is 20.7. The molecule has 6 rings (SSSR count). The van der Waals surface area contributed by atoms with E-state index in [2.05, 4.69) is 58.4 Å². The number of carbonyl (C=O) groups is 2. The summed E-state index contributed by atoms with van der Waals surface area (Å²) in [5.41, 5.74) is 5.44. The van der Waals surface area contributed by atoms with Crippen LogP contribution < -0.4 is 16.0 Å². The zero-order chi connectivity index (χ0) is 24.6. The first-order valence-corrected chi connectivity index (χ1v) is 13.3. The number of fused-ring (bicyclic) bond motifs is 7. The molecule has 0 unspecified atom stereocenters. The lowest BCUT2D eigenvalue weighted by Crippen LogP contribution is -2.35. The largest absolute Gasteiger partial charge is 0.378 e. The van der Waals surface area contributed by atoms with E-state index in [1.54, 1.807) is 12.1 Å². The van der Waals surface area contributed by atoms with Gasteiger partial charge in [-0.05, 0) is 90.8 Å². The van der Waals surface area contributed by atoms with Gasteiger partial charge in [-0.1, -0.05) is 49.4 Å². The number of benzene rings is 3. The summed E-state index contributed by atoms with van der Waals surface area (Å²) < 4.78 is 0. The van der Waals surface area contributed by atoms with Gasteiger partial charge in [0, 0.05) is 17.8 Å². The van der Waals surface area contributed by atoms with Crippen molar-refractivity contribution in [2.45, 2.75) is 44.6 Å². The number of anilines is 2. The number of amides is 2. The molecule has 1 aliphatic heterocycles. The Balaban J connectivity index is 1.29. The van der Waals surface area contributed by atoms with Crippen LogP contribution in [-0.2, 0) is 0 Å². The normalized spacial score (nSPS) is 25.4. The van der Waals surface area contributed by atoms with Crippen LogP contribution in [0.4, 0.5) is 11.4 Å². The first kappa shape index (κ1) is 22.8. The average molecular weight is 480 g/mol. The standard InChI is InChI=1S/C31H33N3O2/c1-2-16-32-31(36)23-10-6-7-11-25(23)34-30(35)22-14-15-26-24(18-22)27-20-12-13-21(17-20)28(27)29(33-26)19-8-4-3-5-9-19/h3-11,14-15,18,20-21,27-29,33H,2,12-13,16-17H2,1H3,(H,32,36)(H,34,35)/t20-,21-,27-,28+,29+/m0/s1. The van der Waals surface area contributed by atoms with E-state index in [0.29, 0.717) is 47.2 Å². The zero-order valence-electron chi connectivity index (χ0n) is 20.7. The summed E-state index contributed by atoms with van der Waals surface area (Å²) in [5, 5.41) is 9.75. The van der Waals surface area contributed by atoms with Crippen molar-refractivity contribution in [3.8, 4) is 0 Å². The molecule has 0 spiro atoms. The third-order valence-corrected chi connectivity index (χ3v) is 8.46. The van der Waals surface area contributed by atoms with Crippen molar-refractivity contribution in [3.63, 3.8) is 0 Å². The van der Waals surface area contributed by atoms with Gasteiger partial charge in [0.1, 0.15) is 0 Å². The summed E-state index contributed by atoms with van der Waals surface area (Å²) >= 11 is 0. The molecule has 3 N–H and O–H groups in total. The molecule has 3 aromatic carbocycles. The van der Waals surface area contributed by atoms with Gasteiger partial charge in [-0.3, -0.25) is 9.59 Å². The quantitative estimate of drug-likeness (QED) is 0.384. The SMILES string of the molecule is CCCNC(=O)c1ccccc1NC(=O)c1ccc2c(c1)[C@@H]1[C@H]3CC[C@@H](C3)[C@H]1[C@@H](c1ccccc1)N2. The predicted molar refractivity (Wildman–Crippen MR) is 143 cm³/mol. The molecule has 36 heavy (non-hydrogen) atoms. The van der Waals surface area contributed by atoms with E-state index in [1.165, 1.54) is 30.4 Å². The number of carbonyl (C=O) groups excluding carboxylic acids is 2. The lowest BCUT2D eigenvalue weighted by atomic mass is 9.68. The molecular formula is C31H33N3O2. The Labute approximate surface area is 212 Å². The van der Waals surface area contributed by atoms with E-state index in [0.717, 1.165) is 18.0 Å². The summed E-state index contributed by atoms with van der Waals surface area (Å²) in [6, 6.07) is 24.4. The average Bonchev–Trinajstić information content (AvgIpc) is 3.55. The van der Waals surface area contributed by atoms with Gasteiger partial charge in [-0.2, -0.15) is 0 Å². The van der Waals surface area contributed by atoms with E-state index in [-0.39, 0.29) is 11.8 Å². The van der Waals surface area contributed by atoms with Crippen LogP contribution in [0.25, 0.3) is 0 Å². The minimum Gasteiger partial charge on any atom is -0.378 e. The Morgan fingerprint density at radius 1 is 0.917 bits per heavy atom. The number of hydrogen-bond acceptors (Lipinski definition) is 3. The molecule has 3 aliphatic rings. The summed E-state index contributed by atoms with van der Waals surface area (Å²) in [4.78, 5) is 26.0. The van der Waals surface area contributed by atoms with E-state index in [1.807, 2.05) is 25.1 Å². The molecule has 184 valence electrons. The van der Waals surface area contributed by atoms with E-state index < -0.39 is 0 Å². The molecule has 5 heteroatoms. The lowest BCUT2D eigenvalue weighted by Gasteiger charge is -2.43. The summed E-state index contributed by atoms with van der Waals surface area (Å²) in [6.45, 7) is 2.62. The Kier molecular flexibility index (Phi) is 6.00. The first-order chi connectivity index (χ1) is 17.6. The fraction of sp³-hybridized carbons (Fsp3) is 0.355. The van der Waals surface area contributed by atoms with E-state index >= 15 is 0 Å². The highest BCUT2D eigenvalue weighted by molar-refractivity contribution is 6.09. The van der Waals surface area contributed by atoms with Gasteiger partial charge in [0.2, 0.25) is 0 Å². The molecule has 5 nitrogen and oxygen atoms in total. The monoisotopic (exact) mass is 479 g/mol. The van der Waals surface area contributed by atoms with Crippen LogP contribution in [0.2, 0.25) is 0 Å². The Bertz CT molecular complexity index is 1290. The van der Waals surface area contributed by atoms with Gasteiger partial charge in [0.15, 0.2) is 0 Å². The number of rotatable bonds is 6. The van der Waals surface area contributed by atoms with Crippen molar-refractivity contribution in [3.05, 3.63) is 95.1 Å². The second-order valence-corrected chi connectivity index (χ2v) is 10.5. The smallest absolute Gasteiger partial charge is 0.255 e. The van der Waals surface area contributed by atoms with Crippen LogP contribution >= 0.6 is 0 Å². The second-order valence-electron chi connectivity index (χ2n) is 10.5. The van der Waals surface area contributed by atoms with Crippen LogP contribution in [0.15, 0.2) is 72.8 Å². The number of nitrogens with one attached hydrogen (secondary N) is 3. The Morgan fingerprint density at radius 2 is 1.69 bits per heavy atom. The van der Waals surface area contributed by atoms with Crippen LogP contribution in [0.3, 0.4) is 0 Å². The minimum absolute atomic E-state index is 0.167. The topological polar surface area (TPSA) is 70.2 Å². The van der Waals surface area contributed by atoms with Gasteiger partial charge in [-0.15, -0.1) is 0 Å². The van der Waals surface area contributed by atoms with Gasteiger partial charge in [0.05, 0.1) is 17.3 Å². The Hall–Kier alpha value is -3.60. The maximum atomic E-state index is 13.4. The predicted octanol–water partition coefficient (Wildman–Crippen LogP) is 6.38. The molecule has 0 saturated heterocycles. The molecule has 5 atom stereocenters. The van der Waals surface area contributed by atoms with E-state index in [9.17, 15) is 9.59 Å². The summed E-state index contributed by atoms with van der Waals surface area (Å²) in [6.07, 6.45) is 4.74. The van der Waals surface area contributed by atoms with Gasteiger partial charge >= 0.3 is 0 Å². The molecule has 0 radical (unpaired) electrons. The van der Waals surface area contributed by atoms with Crippen LogP contribution in [0.1, 0.15) is 76.4 Å². The van der Waals surface area contributed by atoms with Gasteiger partial charge in [0.25, 0.3) is 11.8 Å². The van der Waals surface area contributed by atoms with Crippen molar-refractivity contribution >= 4 is 23.2 Å². The summed E-state index contributed by atoms with van der Waals surface area (Å²) in [5.74, 6) is 2.10. The summed E-state index contributed by atoms with van der Waals surface area (Å²) in [7, 11) is 0. The molecule has 2 amide bonds. The van der Waals surface area contributed by atoms with Gasteiger partial charge in [-0.25, -0.2) is 0 Å². The molecule has 0 aromatic heterocycles. The molecule has 2 aliphatic carbocycles. The highest BCUT2D eigenvalue weighted by atomic mass is 16.2. The number of hydrogen-bond donors (Lipinski definition) is 3. The van der Waals surface area contributed by atoms with E-state index in [4.69, 9.17) is 0 Å². The molecule has 3 aromatic rings. The Morgan fingerprint density at radius 3 is 2.53 bits per heavy atom. The van der Waals surface area contributed by atoms with Crippen molar-refractivity contribution in [2.75, 3.05) is 17.2 Å². The molecule has 2 fully saturated rings. The fourth-order valence-corrected chi connectivity index (χ4v) is 6.94. The molecule has 2 bridgehead atoms. The first-order valence-electron chi connectivity index (χ1n) is 13.3. The fourth-order valence-electron chi connectivity index (χ4n) is 6.94. The lowest BCUT2D eigenvalue weighted by molar-refractivity contribution is 0.0954. The number of para-hydroxylation sites is 1.